The number of amides is 1. The van der Waals surface area contributed by atoms with Crippen LogP contribution in [0.25, 0.3) is 16.7 Å². The van der Waals surface area contributed by atoms with Crippen molar-refractivity contribution in [1.82, 2.24) is 4.98 Å². The van der Waals surface area contributed by atoms with E-state index in [1.165, 1.54) is 12.5 Å². The number of rotatable bonds is 5. The molecule has 0 spiro atoms. The van der Waals surface area contributed by atoms with Gasteiger partial charge in [-0.15, -0.1) is 0 Å². The normalized spacial score (nSPS) is 17.8. The summed E-state index contributed by atoms with van der Waals surface area (Å²) in [6, 6.07) is 9.76. The number of carbonyl (C=O) groups excluding carboxylic acids is 2. The highest BCUT2D eigenvalue weighted by molar-refractivity contribution is 6.37. The zero-order valence-electron chi connectivity index (χ0n) is 18.9. The van der Waals surface area contributed by atoms with Crippen LogP contribution in [0.5, 0.6) is 0 Å². The molecule has 7 nitrogen and oxygen atoms in total. The number of Topliss-reactive ketones (excluding diaryl/α,β-unsaturated/α-hetero) is 1. The number of hydrogen-bond acceptors (Lipinski definition) is 6. The number of furan rings is 1. The van der Waals surface area contributed by atoms with Crippen LogP contribution in [0, 0.1) is 0 Å². The topological polar surface area (TPSA) is 84.7 Å². The van der Waals surface area contributed by atoms with Gasteiger partial charge in [-0.1, -0.05) is 30.7 Å². The molecule has 1 saturated heterocycles. The quantitative estimate of drug-likeness (QED) is 0.507. The fraction of sp³-hybridized carbons (Fsp3) is 0.269. The molecule has 0 radical (unpaired) electrons. The molecular formula is C26H24ClN3O4. The average Bonchev–Trinajstić information content (AvgIpc) is 3.40. The molecule has 1 aliphatic heterocycles. The predicted molar refractivity (Wildman–Crippen MR) is 131 cm³/mol. The second-order valence-electron chi connectivity index (χ2n) is 8.42. The molecule has 1 fully saturated rings. The molecule has 1 aromatic carbocycles. The third-order valence-corrected chi connectivity index (χ3v) is 6.38. The van der Waals surface area contributed by atoms with Gasteiger partial charge in [0.1, 0.15) is 18.2 Å². The molecule has 0 saturated carbocycles. The Hall–Kier alpha value is -3.42. The minimum atomic E-state index is -0.489. The molecule has 2 aromatic heterocycles. The molecule has 5 rings (SSSR count). The first kappa shape index (κ1) is 22.4. The van der Waals surface area contributed by atoms with Crippen molar-refractivity contribution in [3.63, 3.8) is 0 Å². The molecule has 1 atom stereocenters. The van der Waals surface area contributed by atoms with E-state index in [-0.39, 0.29) is 17.4 Å². The Bertz CT molecular complexity index is 1310. The van der Waals surface area contributed by atoms with Gasteiger partial charge < -0.3 is 19.4 Å². The van der Waals surface area contributed by atoms with Crippen LogP contribution in [-0.2, 0) is 9.53 Å². The van der Waals surface area contributed by atoms with E-state index in [0.29, 0.717) is 34.9 Å². The van der Waals surface area contributed by atoms with Crippen molar-refractivity contribution >= 4 is 40.2 Å². The minimum absolute atomic E-state index is 0.0930. The molecule has 0 bridgehead atoms. The van der Waals surface area contributed by atoms with Gasteiger partial charge in [0.2, 0.25) is 5.78 Å². The van der Waals surface area contributed by atoms with Crippen molar-refractivity contribution in [2.45, 2.75) is 26.4 Å². The highest BCUT2D eigenvalue weighted by Gasteiger charge is 2.35. The summed E-state index contributed by atoms with van der Waals surface area (Å²) in [6.07, 6.45) is 5.16. The zero-order chi connectivity index (χ0) is 23.8. The van der Waals surface area contributed by atoms with Gasteiger partial charge in [-0.3, -0.25) is 14.6 Å². The fourth-order valence-electron chi connectivity index (χ4n) is 4.57. The second kappa shape index (κ2) is 9.08. The van der Waals surface area contributed by atoms with Gasteiger partial charge in [0.25, 0.3) is 5.91 Å². The maximum Gasteiger partial charge on any atom is 0.260 e. The van der Waals surface area contributed by atoms with Crippen molar-refractivity contribution < 1.29 is 18.7 Å². The highest BCUT2D eigenvalue weighted by Crippen LogP contribution is 2.37. The van der Waals surface area contributed by atoms with Crippen molar-refractivity contribution in [2.24, 2.45) is 0 Å². The summed E-state index contributed by atoms with van der Waals surface area (Å²) in [5.41, 5.74) is 4.81. The Morgan fingerprint density at radius 1 is 1.26 bits per heavy atom. The van der Waals surface area contributed by atoms with E-state index in [4.69, 9.17) is 20.8 Å². The van der Waals surface area contributed by atoms with Gasteiger partial charge in [-0.25, -0.2) is 0 Å². The van der Waals surface area contributed by atoms with E-state index in [1.54, 1.807) is 12.3 Å². The van der Waals surface area contributed by atoms with E-state index in [1.807, 2.05) is 19.1 Å². The largest absolute Gasteiger partial charge is 0.470 e. The number of carbonyl (C=O) groups is 2. The van der Waals surface area contributed by atoms with Gasteiger partial charge >= 0.3 is 0 Å². The number of anilines is 2. The molecule has 1 amide bonds. The summed E-state index contributed by atoms with van der Waals surface area (Å²) in [7, 11) is 0. The van der Waals surface area contributed by atoms with Crippen LogP contribution < -0.4 is 10.2 Å². The number of fused-ring (bicyclic) bond motifs is 1. The first-order valence-corrected chi connectivity index (χ1v) is 11.6. The van der Waals surface area contributed by atoms with E-state index < -0.39 is 11.7 Å². The molecule has 1 aliphatic carbocycles. The lowest BCUT2D eigenvalue weighted by Gasteiger charge is -2.33. The van der Waals surface area contributed by atoms with Gasteiger partial charge in [-0.05, 0) is 42.7 Å². The summed E-state index contributed by atoms with van der Waals surface area (Å²) in [5, 5.41) is 3.30. The monoisotopic (exact) mass is 477 g/mol. The number of pyridine rings is 1. The molecule has 1 unspecified atom stereocenters. The van der Waals surface area contributed by atoms with Crippen molar-refractivity contribution in [3.05, 3.63) is 70.9 Å². The summed E-state index contributed by atoms with van der Waals surface area (Å²) in [5.74, 6) is -0.883. The lowest BCUT2D eigenvalue weighted by molar-refractivity contribution is -0.112. The Kier molecular flexibility index (Phi) is 5.98. The summed E-state index contributed by atoms with van der Waals surface area (Å²) in [6.45, 7) is 6.27. The van der Waals surface area contributed by atoms with Crippen LogP contribution in [0.15, 0.2) is 59.0 Å². The van der Waals surface area contributed by atoms with Crippen LogP contribution in [0.2, 0.25) is 5.02 Å². The molecular weight excluding hydrogens is 454 g/mol. The first-order valence-electron chi connectivity index (χ1n) is 11.2. The van der Waals surface area contributed by atoms with Crippen LogP contribution in [0.3, 0.4) is 0 Å². The van der Waals surface area contributed by atoms with E-state index in [0.717, 1.165) is 29.9 Å². The molecule has 2 aliphatic rings. The SMILES string of the molecule is CCC1=C(C(=O)Nc2cocc2-c2cccc(N3CCOC(C)C3)c2)C(=O)c2ncc(Cl)cc21. The van der Waals surface area contributed by atoms with Crippen LogP contribution >= 0.6 is 11.6 Å². The van der Waals surface area contributed by atoms with Gasteiger partial charge in [-0.2, -0.15) is 0 Å². The Balaban J connectivity index is 1.43. The first-order chi connectivity index (χ1) is 16.5. The van der Waals surface area contributed by atoms with Crippen LogP contribution in [-0.4, -0.2) is 42.5 Å². The number of aromatic nitrogens is 1. The van der Waals surface area contributed by atoms with E-state index in [2.05, 4.69) is 34.3 Å². The molecule has 174 valence electrons. The molecule has 34 heavy (non-hydrogen) atoms. The van der Waals surface area contributed by atoms with Gasteiger partial charge in [0.15, 0.2) is 0 Å². The maximum atomic E-state index is 13.3. The standard InChI is InChI=1S/C26H24ClN3O4/c1-3-19-20-10-17(27)11-28-24(20)25(31)23(19)26(32)29-22-14-33-13-21(22)16-5-4-6-18(9-16)30-7-8-34-15(2)12-30/h4-6,9-11,13-15H,3,7-8,12H2,1-2H3,(H,29,32). The van der Waals surface area contributed by atoms with Crippen molar-refractivity contribution in [3.8, 4) is 11.1 Å². The number of morpholine rings is 1. The van der Waals surface area contributed by atoms with Crippen molar-refractivity contribution in [2.75, 3.05) is 29.9 Å². The van der Waals surface area contributed by atoms with Crippen molar-refractivity contribution in [1.29, 1.82) is 0 Å². The summed E-state index contributed by atoms with van der Waals surface area (Å²) >= 11 is 6.08. The Labute approximate surface area is 202 Å². The number of ketones is 1. The minimum Gasteiger partial charge on any atom is -0.470 e. The Morgan fingerprint density at radius 3 is 2.91 bits per heavy atom. The fourth-order valence-corrected chi connectivity index (χ4v) is 4.73. The molecule has 1 N–H and O–H groups in total. The van der Waals surface area contributed by atoms with Crippen LogP contribution in [0.4, 0.5) is 11.4 Å². The van der Waals surface area contributed by atoms with Gasteiger partial charge in [0.05, 0.1) is 29.0 Å². The molecule has 3 heterocycles. The third kappa shape index (κ3) is 4.02. The summed E-state index contributed by atoms with van der Waals surface area (Å²) < 4.78 is 11.1. The summed E-state index contributed by atoms with van der Waals surface area (Å²) in [4.78, 5) is 32.7. The predicted octanol–water partition coefficient (Wildman–Crippen LogP) is 5.22. The average molecular weight is 478 g/mol. The lowest BCUT2D eigenvalue weighted by atomic mass is 10.0. The highest BCUT2D eigenvalue weighted by atomic mass is 35.5. The third-order valence-electron chi connectivity index (χ3n) is 6.18. The number of nitrogens with one attached hydrogen (secondary N) is 1. The smallest absolute Gasteiger partial charge is 0.260 e. The van der Waals surface area contributed by atoms with E-state index >= 15 is 0 Å². The number of allylic oxidation sites excluding steroid dienone is 1. The number of ether oxygens (including phenoxy) is 1. The number of halogens is 1. The number of benzene rings is 1. The second-order valence-corrected chi connectivity index (χ2v) is 8.85. The number of nitrogens with zero attached hydrogens (tertiary/aromatic N) is 2. The maximum absolute atomic E-state index is 13.3. The zero-order valence-corrected chi connectivity index (χ0v) is 19.7. The van der Waals surface area contributed by atoms with E-state index in [9.17, 15) is 9.59 Å². The van der Waals surface area contributed by atoms with Crippen LogP contribution in [0.1, 0.15) is 36.3 Å². The molecule has 3 aromatic rings. The number of hydrogen-bond donors (Lipinski definition) is 1. The lowest BCUT2D eigenvalue weighted by Crippen LogP contribution is -2.41. The molecule has 8 heteroatoms. The van der Waals surface area contributed by atoms with Gasteiger partial charge in [0, 0.05) is 36.1 Å². The Morgan fingerprint density at radius 2 is 2.12 bits per heavy atom.